The zero-order valence-corrected chi connectivity index (χ0v) is 22.2. The Hall–Kier alpha value is -4.44. The second-order valence-electron chi connectivity index (χ2n) is 9.34. The lowest BCUT2D eigenvalue weighted by molar-refractivity contribution is -0.137. The Labute approximate surface area is 231 Å². The van der Waals surface area contributed by atoms with Gasteiger partial charge < -0.3 is 19.2 Å². The van der Waals surface area contributed by atoms with E-state index in [0.29, 0.717) is 16.0 Å². The van der Waals surface area contributed by atoms with Gasteiger partial charge >= 0.3 is 6.18 Å². The van der Waals surface area contributed by atoms with Gasteiger partial charge in [-0.3, -0.25) is 14.5 Å². The van der Waals surface area contributed by atoms with E-state index in [1.165, 1.54) is 19.2 Å². The first-order valence-electron chi connectivity index (χ1n) is 11.9. The number of anilines is 2. The number of furan rings is 1. The quantitative estimate of drug-likeness (QED) is 0.252. The van der Waals surface area contributed by atoms with Crippen molar-refractivity contribution in [3.05, 3.63) is 100.0 Å². The molecule has 0 saturated carbocycles. The van der Waals surface area contributed by atoms with Crippen molar-refractivity contribution in [3.63, 3.8) is 0 Å². The molecule has 3 aromatic carbocycles. The molecule has 5 rings (SSSR count). The number of Topliss-reactive ketones (excluding diaryl/α,β-unsaturated/α-hetero) is 1. The third-order valence-corrected chi connectivity index (χ3v) is 6.86. The highest BCUT2D eigenvalue weighted by Gasteiger charge is 2.45. The zero-order valence-electron chi connectivity index (χ0n) is 21.4. The number of halogens is 4. The molecule has 0 saturated heterocycles. The van der Waals surface area contributed by atoms with E-state index in [0.717, 1.165) is 34.9 Å². The molecule has 0 radical (unpaired) electrons. The van der Waals surface area contributed by atoms with Crippen LogP contribution in [-0.4, -0.2) is 38.0 Å². The van der Waals surface area contributed by atoms with E-state index in [1.807, 2.05) is 19.0 Å². The maximum atomic E-state index is 13.9. The number of ether oxygens (including phenoxy) is 1. The number of alkyl halides is 3. The molecule has 1 N–H and O–H groups in total. The number of benzene rings is 3. The Morgan fingerprint density at radius 3 is 2.27 bits per heavy atom. The third-order valence-electron chi connectivity index (χ3n) is 6.64. The molecular weight excluding hydrogens is 549 g/mol. The predicted molar refractivity (Wildman–Crippen MR) is 144 cm³/mol. The van der Waals surface area contributed by atoms with E-state index in [-0.39, 0.29) is 28.4 Å². The molecule has 2 heterocycles. The Morgan fingerprint density at radius 1 is 1.05 bits per heavy atom. The molecule has 40 heavy (non-hydrogen) atoms. The van der Waals surface area contributed by atoms with Crippen molar-refractivity contribution in [1.82, 2.24) is 0 Å². The van der Waals surface area contributed by atoms with Gasteiger partial charge in [-0.2, -0.15) is 13.2 Å². The molecule has 11 heteroatoms. The highest BCUT2D eigenvalue weighted by molar-refractivity contribution is 6.31. The number of rotatable bonds is 6. The number of fused-ring (bicyclic) bond motifs is 1. The van der Waals surface area contributed by atoms with Crippen LogP contribution in [0.15, 0.2) is 82.5 Å². The van der Waals surface area contributed by atoms with Crippen molar-refractivity contribution in [1.29, 1.82) is 0 Å². The molecule has 1 amide bonds. The molecule has 1 unspecified atom stereocenters. The number of methoxy groups -OCH3 is 1. The number of carbonyl (C=O) groups is 2. The lowest BCUT2D eigenvalue weighted by atomic mass is 9.94. The average Bonchev–Trinajstić information content (AvgIpc) is 3.46. The van der Waals surface area contributed by atoms with Crippen molar-refractivity contribution < 1.29 is 37.0 Å². The van der Waals surface area contributed by atoms with Crippen LogP contribution in [0.3, 0.4) is 0 Å². The van der Waals surface area contributed by atoms with E-state index >= 15 is 0 Å². The lowest BCUT2D eigenvalue weighted by Crippen LogP contribution is -2.31. The summed E-state index contributed by atoms with van der Waals surface area (Å²) < 4.78 is 50.7. The molecule has 0 spiro atoms. The lowest BCUT2D eigenvalue weighted by Gasteiger charge is -2.27. The van der Waals surface area contributed by atoms with Gasteiger partial charge in [-0.25, -0.2) is 0 Å². The number of aliphatic hydroxyl groups is 1. The van der Waals surface area contributed by atoms with Crippen LogP contribution in [0.2, 0.25) is 5.02 Å². The van der Waals surface area contributed by atoms with Crippen LogP contribution >= 0.6 is 11.6 Å². The molecular formula is C29H22ClF3N2O5. The number of hydrogen-bond acceptors (Lipinski definition) is 6. The van der Waals surface area contributed by atoms with Crippen molar-refractivity contribution in [2.45, 2.75) is 12.2 Å². The van der Waals surface area contributed by atoms with Crippen molar-refractivity contribution in [2.24, 2.45) is 0 Å². The summed E-state index contributed by atoms with van der Waals surface area (Å²) >= 11 is 6.14. The molecule has 206 valence electrons. The second-order valence-corrected chi connectivity index (χ2v) is 9.77. The summed E-state index contributed by atoms with van der Waals surface area (Å²) in [5, 5.41) is 11.8. The number of nitrogens with zero attached hydrogens (tertiary/aromatic N) is 2. The van der Waals surface area contributed by atoms with Crippen LogP contribution in [0.1, 0.15) is 27.7 Å². The average molecular weight is 571 g/mol. The molecule has 0 fully saturated rings. The summed E-state index contributed by atoms with van der Waals surface area (Å²) in [6.45, 7) is 0. The number of hydrogen-bond donors (Lipinski definition) is 1. The van der Waals surface area contributed by atoms with Gasteiger partial charge in [-0.1, -0.05) is 23.7 Å². The van der Waals surface area contributed by atoms with Crippen molar-refractivity contribution in [3.8, 4) is 5.75 Å². The fourth-order valence-corrected chi connectivity index (χ4v) is 4.88. The topological polar surface area (TPSA) is 83.2 Å². The third kappa shape index (κ3) is 4.64. The number of aliphatic hydroxyl groups excluding tert-OH is 1. The fraction of sp³-hybridized carbons (Fsp3) is 0.172. The summed E-state index contributed by atoms with van der Waals surface area (Å²) in [4.78, 5) is 30.2. The van der Waals surface area contributed by atoms with E-state index in [2.05, 4.69) is 0 Å². The van der Waals surface area contributed by atoms with Gasteiger partial charge in [-0.05, 0) is 54.1 Å². The normalized spacial score (nSPS) is 15.7. The van der Waals surface area contributed by atoms with Gasteiger partial charge in [-0.15, -0.1) is 0 Å². The van der Waals surface area contributed by atoms with Crippen LogP contribution < -0.4 is 14.5 Å². The summed E-state index contributed by atoms with van der Waals surface area (Å²) in [5.41, 5.74) is 0.391. The molecule has 1 atom stereocenters. The Kier molecular flexibility index (Phi) is 6.75. The van der Waals surface area contributed by atoms with Crippen LogP contribution in [0.5, 0.6) is 5.75 Å². The monoisotopic (exact) mass is 570 g/mol. The van der Waals surface area contributed by atoms with Gasteiger partial charge in [0.05, 0.1) is 24.3 Å². The molecule has 7 nitrogen and oxygen atoms in total. The van der Waals surface area contributed by atoms with Crippen molar-refractivity contribution in [2.75, 3.05) is 31.0 Å². The van der Waals surface area contributed by atoms with Crippen LogP contribution in [0.25, 0.3) is 11.0 Å². The summed E-state index contributed by atoms with van der Waals surface area (Å²) in [5.74, 6) is -2.46. The minimum absolute atomic E-state index is 0.0621. The van der Waals surface area contributed by atoms with E-state index in [1.54, 1.807) is 30.3 Å². The smallest absolute Gasteiger partial charge is 0.416 e. The SMILES string of the molecule is COc1cc(Cl)cc2cc(C(=O)C3=C(O)C(=O)N(c4ccc(C(F)(F)F)cc4)C3c3ccc(N(C)C)cc3)oc12. The molecule has 4 aromatic rings. The molecule has 1 aliphatic heterocycles. The van der Waals surface area contributed by atoms with Crippen molar-refractivity contribution >= 4 is 45.6 Å². The van der Waals surface area contributed by atoms with Gasteiger partial charge in [0.2, 0.25) is 5.78 Å². The molecule has 0 aliphatic carbocycles. The largest absolute Gasteiger partial charge is 0.503 e. The summed E-state index contributed by atoms with van der Waals surface area (Å²) in [6.07, 6.45) is -4.58. The molecule has 1 aliphatic rings. The Bertz CT molecular complexity index is 1660. The Morgan fingerprint density at radius 2 is 1.70 bits per heavy atom. The van der Waals surface area contributed by atoms with Gasteiger partial charge in [0.25, 0.3) is 5.91 Å². The minimum atomic E-state index is -4.58. The first-order valence-corrected chi connectivity index (χ1v) is 12.3. The van der Waals surface area contributed by atoms with E-state index < -0.39 is 35.2 Å². The molecule has 1 aromatic heterocycles. The summed E-state index contributed by atoms with van der Waals surface area (Å²) in [7, 11) is 5.09. The minimum Gasteiger partial charge on any atom is -0.503 e. The standard InChI is InChI=1S/C29H22ClF3N2O5/c1-34(2)19-8-4-15(5-9-19)24-23(25(36)21-13-16-12-18(30)14-22(39-3)27(16)40-21)26(37)28(38)35(24)20-10-6-17(7-11-20)29(31,32)33/h4-14,24,37H,1-3H3. The van der Waals surface area contributed by atoms with Gasteiger partial charge in [0.15, 0.2) is 22.9 Å². The van der Waals surface area contributed by atoms with Crippen LogP contribution in [0, 0.1) is 0 Å². The maximum absolute atomic E-state index is 13.9. The van der Waals surface area contributed by atoms with E-state index in [4.69, 9.17) is 20.8 Å². The highest BCUT2D eigenvalue weighted by Crippen LogP contribution is 2.44. The van der Waals surface area contributed by atoms with Crippen LogP contribution in [0.4, 0.5) is 24.5 Å². The first-order chi connectivity index (χ1) is 18.9. The zero-order chi connectivity index (χ0) is 28.9. The Balaban J connectivity index is 1.64. The molecule has 0 bridgehead atoms. The summed E-state index contributed by atoms with van der Waals surface area (Å²) in [6, 6.07) is 14.1. The number of carbonyl (C=O) groups excluding carboxylic acids is 2. The van der Waals surface area contributed by atoms with Crippen LogP contribution in [-0.2, 0) is 11.0 Å². The highest BCUT2D eigenvalue weighted by atomic mass is 35.5. The van der Waals surface area contributed by atoms with E-state index in [9.17, 15) is 27.9 Å². The maximum Gasteiger partial charge on any atom is 0.416 e. The fourth-order valence-electron chi connectivity index (χ4n) is 4.67. The number of amides is 1. The van der Waals surface area contributed by atoms with Gasteiger partial charge in [0.1, 0.15) is 0 Å². The predicted octanol–water partition coefficient (Wildman–Crippen LogP) is 6.96. The van der Waals surface area contributed by atoms with Gasteiger partial charge in [0, 0.05) is 41.9 Å². The number of ketones is 1. The second kappa shape index (κ2) is 9.95. The first kappa shape index (κ1) is 27.1.